The predicted octanol–water partition coefficient (Wildman–Crippen LogP) is 3.14. The van der Waals surface area contributed by atoms with Crippen molar-refractivity contribution in [1.29, 1.82) is 0 Å². The lowest BCUT2D eigenvalue weighted by Gasteiger charge is -2.19. The van der Waals surface area contributed by atoms with Gasteiger partial charge in [-0.2, -0.15) is 0 Å². The lowest BCUT2D eigenvalue weighted by Crippen LogP contribution is -2.17. The highest BCUT2D eigenvalue weighted by Crippen LogP contribution is 2.33. The number of ether oxygens (including phenoxy) is 2. The minimum Gasteiger partial charge on any atom is -0.486 e. The van der Waals surface area contributed by atoms with Crippen LogP contribution < -0.4 is 14.2 Å². The highest BCUT2D eigenvalue weighted by Gasteiger charge is 2.19. The Kier molecular flexibility index (Phi) is 4.71. The molecule has 0 unspecified atom stereocenters. The summed E-state index contributed by atoms with van der Waals surface area (Å²) in [5, 5.41) is 0.861. The van der Waals surface area contributed by atoms with Gasteiger partial charge in [-0.15, -0.1) is 0 Å². The number of rotatable bonds is 5. The molecule has 9 heteroatoms. The Hall–Kier alpha value is -2.65. The molecule has 0 bridgehead atoms. The summed E-state index contributed by atoms with van der Waals surface area (Å²) in [6, 6.07) is 11.7. The minimum absolute atomic E-state index is 0.123. The van der Waals surface area contributed by atoms with E-state index in [0.29, 0.717) is 30.4 Å². The maximum absolute atomic E-state index is 12.6. The molecule has 0 saturated heterocycles. The summed E-state index contributed by atoms with van der Waals surface area (Å²) in [5.41, 5.74) is 0.481. The first-order chi connectivity index (χ1) is 13.0. The molecule has 1 aliphatic rings. The third-order valence-corrected chi connectivity index (χ3v) is 6.38. The normalized spacial score (nSPS) is 13.4. The lowest BCUT2D eigenvalue weighted by atomic mass is 10.3. The van der Waals surface area contributed by atoms with E-state index in [9.17, 15) is 8.42 Å². The summed E-state index contributed by atoms with van der Waals surface area (Å²) in [6.45, 7) is 0.860. The molecule has 0 aliphatic carbocycles. The Bertz CT molecular complexity index is 1060. The van der Waals surface area contributed by atoms with Crippen LogP contribution in [0.2, 0.25) is 0 Å². The van der Waals surface area contributed by atoms with Crippen LogP contribution in [0.1, 0.15) is 0 Å². The molecule has 1 aliphatic heterocycles. The number of aromatic nitrogens is 2. The summed E-state index contributed by atoms with van der Waals surface area (Å²) >= 11 is 1.50. The molecule has 1 aromatic heterocycles. The molecule has 0 atom stereocenters. The van der Waals surface area contributed by atoms with Crippen molar-refractivity contribution in [3.8, 4) is 11.5 Å². The van der Waals surface area contributed by atoms with Crippen LogP contribution >= 0.6 is 11.8 Å². The number of nitrogens with one attached hydrogen (secondary N) is 1. The van der Waals surface area contributed by atoms with Crippen molar-refractivity contribution in [2.45, 2.75) is 14.9 Å². The molecule has 0 saturated carbocycles. The molecule has 140 valence electrons. The maximum atomic E-state index is 12.6. The van der Waals surface area contributed by atoms with Gasteiger partial charge in [-0.05, 0) is 36.4 Å². The quantitative estimate of drug-likeness (QED) is 0.705. The van der Waals surface area contributed by atoms with Gasteiger partial charge < -0.3 is 14.0 Å². The molecular weight excluding hydrogens is 386 g/mol. The van der Waals surface area contributed by atoms with Crippen molar-refractivity contribution in [2.75, 3.05) is 17.9 Å². The Balaban J connectivity index is 1.50. The monoisotopic (exact) mass is 403 g/mol. The first kappa shape index (κ1) is 17.7. The van der Waals surface area contributed by atoms with E-state index in [1.54, 1.807) is 24.4 Å². The Labute approximate surface area is 161 Å². The molecule has 0 fully saturated rings. The van der Waals surface area contributed by atoms with Crippen LogP contribution in [0.3, 0.4) is 0 Å². The van der Waals surface area contributed by atoms with Crippen molar-refractivity contribution in [2.24, 2.45) is 7.05 Å². The van der Waals surface area contributed by atoms with Crippen LogP contribution in [0.5, 0.6) is 11.5 Å². The van der Waals surface area contributed by atoms with Crippen LogP contribution in [-0.2, 0) is 17.1 Å². The molecule has 3 aromatic rings. The van der Waals surface area contributed by atoms with Gasteiger partial charge in [0, 0.05) is 36.1 Å². The van der Waals surface area contributed by atoms with Crippen molar-refractivity contribution >= 4 is 27.5 Å². The number of fused-ring (bicyclic) bond motifs is 1. The molecule has 1 N–H and O–H groups in total. The number of hydrogen-bond donors (Lipinski definition) is 1. The number of benzene rings is 2. The van der Waals surface area contributed by atoms with Gasteiger partial charge in [0.1, 0.15) is 13.2 Å². The van der Waals surface area contributed by atoms with Crippen LogP contribution in [0, 0.1) is 0 Å². The van der Waals surface area contributed by atoms with E-state index in [0.717, 1.165) is 10.1 Å². The van der Waals surface area contributed by atoms with Gasteiger partial charge in [0.15, 0.2) is 16.7 Å². The van der Waals surface area contributed by atoms with E-state index in [1.165, 1.54) is 23.9 Å². The van der Waals surface area contributed by atoms with E-state index in [4.69, 9.17) is 9.47 Å². The number of sulfonamides is 1. The van der Waals surface area contributed by atoms with E-state index in [2.05, 4.69) is 9.71 Å². The van der Waals surface area contributed by atoms with E-state index >= 15 is 0 Å². The Morgan fingerprint density at radius 3 is 2.52 bits per heavy atom. The summed E-state index contributed by atoms with van der Waals surface area (Å²) in [6.07, 6.45) is 3.61. The van der Waals surface area contributed by atoms with Crippen molar-refractivity contribution in [1.82, 2.24) is 9.55 Å². The zero-order chi connectivity index (χ0) is 18.9. The molecular formula is C18H17N3O4S2. The molecule has 2 aromatic carbocycles. The second-order valence-corrected chi connectivity index (χ2v) is 8.58. The molecule has 0 spiro atoms. The van der Waals surface area contributed by atoms with Gasteiger partial charge in [-0.1, -0.05) is 11.8 Å². The van der Waals surface area contributed by atoms with Gasteiger partial charge in [-0.25, -0.2) is 13.4 Å². The van der Waals surface area contributed by atoms with Gasteiger partial charge in [0.05, 0.1) is 4.90 Å². The van der Waals surface area contributed by atoms with Gasteiger partial charge in [-0.3, -0.25) is 4.72 Å². The van der Waals surface area contributed by atoms with Crippen molar-refractivity contribution in [3.05, 3.63) is 54.9 Å². The van der Waals surface area contributed by atoms with Crippen LogP contribution in [-0.4, -0.2) is 31.2 Å². The number of nitrogens with zero attached hydrogens (tertiary/aromatic N) is 2. The fourth-order valence-electron chi connectivity index (χ4n) is 2.55. The minimum atomic E-state index is -3.73. The fourth-order valence-corrected chi connectivity index (χ4v) is 4.43. The standard InChI is InChI=1S/C18H17N3O4S2/c1-21-9-8-19-18(21)26-14-4-2-13(3-5-14)20-27(22,23)15-6-7-16-17(12-15)25-11-10-24-16/h2-9,12,20H,10-11H2,1H3. The highest BCUT2D eigenvalue weighted by molar-refractivity contribution is 7.99. The molecule has 0 amide bonds. The largest absolute Gasteiger partial charge is 0.486 e. The number of imidazole rings is 1. The smallest absolute Gasteiger partial charge is 0.262 e. The average molecular weight is 403 g/mol. The second-order valence-electron chi connectivity index (χ2n) is 5.86. The summed E-state index contributed by atoms with van der Waals surface area (Å²) in [5.74, 6) is 0.988. The zero-order valence-corrected chi connectivity index (χ0v) is 16.1. The number of anilines is 1. The second kappa shape index (κ2) is 7.16. The number of aryl methyl sites for hydroxylation is 1. The summed E-state index contributed by atoms with van der Waals surface area (Å²) < 4.78 is 40.7. The fraction of sp³-hybridized carbons (Fsp3) is 0.167. The topological polar surface area (TPSA) is 82.5 Å². The van der Waals surface area contributed by atoms with Crippen LogP contribution in [0.25, 0.3) is 0 Å². The van der Waals surface area contributed by atoms with Gasteiger partial charge in [0.2, 0.25) is 0 Å². The number of hydrogen-bond acceptors (Lipinski definition) is 6. The first-order valence-electron chi connectivity index (χ1n) is 8.19. The third-order valence-electron chi connectivity index (χ3n) is 3.92. The Morgan fingerprint density at radius 2 is 1.81 bits per heavy atom. The molecule has 0 radical (unpaired) electrons. The van der Waals surface area contributed by atoms with E-state index in [1.807, 2.05) is 29.9 Å². The SMILES string of the molecule is Cn1ccnc1Sc1ccc(NS(=O)(=O)c2ccc3c(c2)OCCO3)cc1. The third kappa shape index (κ3) is 3.88. The maximum Gasteiger partial charge on any atom is 0.262 e. The van der Waals surface area contributed by atoms with Gasteiger partial charge >= 0.3 is 0 Å². The Morgan fingerprint density at radius 1 is 1.07 bits per heavy atom. The summed E-state index contributed by atoms with van der Waals surface area (Å²) in [4.78, 5) is 5.35. The average Bonchev–Trinajstić information content (AvgIpc) is 3.07. The molecule has 27 heavy (non-hydrogen) atoms. The lowest BCUT2D eigenvalue weighted by molar-refractivity contribution is 0.171. The molecule has 4 rings (SSSR count). The first-order valence-corrected chi connectivity index (χ1v) is 10.5. The van der Waals surface area contributed by atoms with Crippen LogP contribution in [0.4, 0.5) is 5.69 Å². The highest BCUT2D eigenvalue weighted by atomic mass is 32.2. The van der Waals surface area contributed by atoms with E-state index in [-0.39, 0.29) is 4.90 Å². The summed E-state index contributed by atoms with van der Waals surface area (Å²) in [7, 11) is -1.80. The van der Waals surface area contributed by atoms with Crippen LogP contribution in [0.15, 0.2) is 69.8 Å². The van der Waals surface area contributed by atoms with Crippen molar-refractivity contribution < 1.29 is 17.9 Å². The van der Waals surface area contributed by atoms with Gasteiger partial charge in [0.25, 0.3) is 10.0 Å². The molecule has 2 heterocycles. The zero-order valence-electron chi connectivity index (χ0n) is 14.5. The predicted molar refractivity (Wildman–Crippen MR) is 102 cm³/mol. The van der Waals surface area contributed by atoms with Crippen molar-refractivity contribution in [3.63, 3.8) is 0 Å². The molecule has 7 nitrogen and oxygen atoms in total. The van der Waals surface area contributed by atoms with E-state index < -0.39 is 10.0 Å².